The molecule has 2 nitrogen and oxygen atoms in total. The fraction of sp³-hybridized carbons (Fsp3) is 0.600. The summed E-state index contributed by atoms with van der Waals surface area (Å²) in [5.74, 6) is 0. The summed E-state index contributed by atoms with van der Waals surface area (Å²) >= 11 is 3.55. The quantitative estimate of drug-likeness (QED) is 0.746. The maximum atomic E-state index is 5.84. The Kier molecular flexibility index (Phi) is 6.18. The number of benzene rings is 1. The van der Waals surface area contributed by atoms with Crippen LogP contribution >= 0.6 is 15.9 Å². The van der Waals surface area contributed by atoms with Crippen molar-refractivity contribution in [3.8, 4) is 0 Å². The first kappa shape index (κ1) is 14.0. The van der Waals surface area contributed by atoms with E-state index >= 15 is 0 Å². The molecule has 100 valence electrons. The lowest BCUT2D eigenvalue weighted by atomic mass is 10.1. The van der Waals surface area contributed by atoms with Gasteiger partial charge in [0.15, 0.2) is 0 Å². The third-order valence-corrected chi connectivity index (χ3v) is 3.74. The maximum absolute atomic E-state index is 5.84. The van der Waals surface area contributed by atoms with Crippen molar-refractivity contribution < 1.29 is 4.74 Å². The fourth-order valence-corrected chi connectivity index (χ4v) is 2.94. The standard InChI is InChI=1S/C15H22BrNO/c16-9-10-17(12-14-6-2-1-3-7-14)13-15-8-4-5-11-18-15/h1-3,6-7,15H,4-5,8-13H2. The molecule has 0 spiro atoms. The van der Waals surface area contributed by atoms with Crippen LogP contribution in [0, 0.1) is 0 Å². The van der Waals surface area contributed by atoms with Crippen LogP contribution in [0.25, 0.3) is 0 Å². The van der Waals surface area contributed by atoms with Gasteiger partial charge in [0.25, 0.3) is 0 Å². The lowest BCUT2D eigenvalue weighted by Crippen LogP contribution is -2.36. The molecule has 3 heteroatoms. The van der Waals surface area contributed by atoms with Crippen molar-refractivity contribution in [2.45, 2.75) is 31.9 Å². The molecule has 0 bridgehead atoms. The van der Waals surface area contributed by atoms with E-state index in [2.05, 4.69) is 51.2 Å². The number of rotatable bonds is 6. The van der Waals surface area contributed by atoms with Crippen molar-refractivity contribution in [3.05, 3.63) is 35.9 Å². The van der Waals surface area contributed by atoms with Crippen molar-refractivity contribution >= 4 is 15.9 Å². The second kappa shape index (κ2) is 7.93. The minimum atomic E-state index is 0.432. The van der Waals surface area contributed by atoms with E-state index < -0.39 is 0 Å². The first-order chi connectivity index (χ1) is 8.88. The van der Waals surface area contributed by atoms with E-state index in [0.717, 1.165) is 31.6 Å². The van der Waals surface area contributed by atoms with Gasteiger partial charge in [0.2, 0.25) is 0 Å². The van der Waals surface area contributed by atoms with Gasteiger partial charge in [0, 0.05) is 31.6 Å². The zero-order valence-corrected chi connectivity index (χ0v) is 12.4. The molecular weight excluding hydrogens is 290 g/mol. The molecule has 0 amide bonds. The van der Waals surface area contributed by atoms with E-state index in [-0.39, 0.29) is 0 Å². The van der Waals surface area contributed by atoms with Crippen LogP contribution in [0.5, 0.6) is 0 Å². The Morgan fingerprint density at radius 2 is 2.06 bits per heavy atom. The molecule has 1 saturated heterocycles. The van der Waals surface area contributed by atoms with Crippen molar-refractivity contribution in [3.63, 3.8) is 0 Å². The minimum Gasteiger partial charge on any atom is -0.377 e. The Balaban J connectivity index is 1.86. The summed E-state index contributed by atoms with van der Waals surface area (Å²) in [6.07, 6.45) is 4.20. The minimum absolute atomic E-state index is 0.432. The Morgan fingerprint density at radius 3 is 2.72 bits per heavy atom. The van der Waals surface area contributed by atoms with E-state index in [4.69, 9.17) is 4.74 Å². The van der Waals surface area contributed by atoms with Gasteiger partial charge < -0.3 is 4.74 Å². The smallest absolute Gasteiger partial charge is 0.0702 e. The second-order valence-corrected chi connectivity index (χ2v) is 5.69. The van der Waals surface area contributed by atoms with Crippen molar-refractivity contribution in [2.75, 3.05) is 25.0 Å². The first-order valence-corrected chi connectivity index (χ1v) is 7.94. The van der Waals surface area contributed by atoms with Gasteiger partial charge >= 0.3 is 0 Å². The van der Waals surface area contributed by atoms with Gasteiger partial charge in [-0.15, -0.1) is 0 Å². The summed E-state index contributed by atoms with van der Waals surface area (Å²) in [7, 11) is 0. The molecule has 1 unspecified atom stereocenters. The van der Waals surface area contributed by atoms with Crippen LogP contribution in [0.3, 0.4) is 0 Å². The molecule has 1 aromatic carbocycles. The van der Waals surface area contributed by atoms with Gasteiger partial charge in [-0.3, -0.25) is 4.90 Å². The Morgan fingerprint density at radius 1 is 1.22 bits per heavy atom. The van der Waals surface area contributed by atoms with Crippen molar-refractivity contribution in [1.29, 1.82) is 0 Å². The molecule has 1 atom stereocenters. The third kappa shape index (κ3) is 4.71. The number of nitrogens with zero attached hydrogens (tertiary/aromatic N) is 1. The van der Waals surface area contributed by atoms with Gasteiger partial charge in [-0.25, -0.2) is 0 Å². The summed E-state index contributed by atoms with van der Waals surface area (Å²) < 4.78 is 5.84. The molecule has 1 aromatic rings. The molecule has 0 saturated carbocycles. The average molecular weight is 312 g/mol. The summed E-state index contributed by atoms with van der Waals surface area (Å²) in [5.41, 5.74) is 1.38. The van der Waals surface area contributed by atoms with Crippen molar-refractivity contribution in [1.82, 2.24) is 4.90 Å². The summed E-state index contributed by atoms with van der Waals surface area (Å²) in [5, 5.41) is 1.02. The highest BCUT2D eigenvalue weighted by atomic mass is 79.9. The van der Waals surface area contributed by atoms with Gasteiger partial charge in [0.05, 0.1) is 6.10 Å². The van der Waals surface area contributed by atoms with Gasteiger partial charge in [-0.1, -0.05) is 46.3 Å². The second-order valence-electron chi connectivity index (χ2n) is 4.90. The number of halogens is 1. The Hall–Kier alpha value is -0.380. The molecule has 1 aliphatic rings. The van der Waals surface area contributed by atoms with Crippen LogP contribution in [0.2, 0.25) is 0 Å². The van der Waals surface area contributed by atoms with Crippen LogP contribution in [0.15, 0.2) is 30.3 Å². The number of alkyl halides is 1. The van der Waals surface area contributed by atoms with Crippen LogP contribution in [0.1, 0.15) is 24.8 Å². The molecule has 0 radical (unpaired) electrons. The highest BCUT2D eigenvalue weighted by molar-refractivity contribution is 9.09. The summed E-state index contributed by atoms with van der Waals surface area (Å²) in [4.78, 5) is 2.49. The zero-order valence-electron chi connectivity index (χ0n) is 10.9. The topological polar surface area (TPSA) is 12.5 Å². The van der Waals surface area contributed by atoms with Crippen LogP contribution in [0.4, 0.5) is 0 Å². The molecule has 1 heterocycles. The number of hydrogen-bond donors (Lipinski definition) is 0. The van der Waals surface area contributed by atoms with Gasteiger partial charge in [0.1, 0.15) is 0 Å². The zero-order chi connectivity index (χ0) is 12.6. The molecule has 18 heavy (non-hydrogen) atoms. The van der Waals surface area contributed by atoms with Crippen molar-refractivity contribution in [2.24, 2.45) is 0 Å². The number of ether oxygens (including phenoxy) is 1. The normalized spacial score (nSPS) is 20.2. The van der Waals surface area contributed by atoms with Crippen LogP contribution in [-0.2, 0) is 11.3 Å². The van der Waals surface area contributed by atoms with E-state index in [1.807, 2.05) is 0 Å². The Labute approximate surface area is 118 Å². The Bertz CT molecular complexity index is 325. The molecular formula is C15H22BrNO. The molecule has 0 N–H and O–H groups in total. The maximum Gasteiger partial charge on any atom is 0.0702 e. The highest BCUT2D eigenvalue weighted by Crippen LogP contribution is 2.15. The SMILES string of the molecule is BrCCN(Cc1ccccc1)CC1CCCCO1. The summed E-state index contributed by atoms with van der Waals surface area (Å²) in [6, 6.07) is 10.7. The fourth-order valence-electron chi connectivity index (χ4n) is 2.44. The van der Waals surface area contributed by atoms with E-state index in [1.165, 1.54) is 24.8 Å². The average Bonchev–Trinajstić information content (AvgIpc) is 2.41. The monoisotopic (exact) mass is 311 g/mol. The van der Waals surface area contributed by atoms with E-state index in [0.29, 0.717) is 6.10 Å². The number of hydrogen-bond acceptors (Lipinski definition) is 2. The largest absolute Gasteiger partial charge is 0.377 e. The predicted octanol–water partition coefficient (Wildman–Crippen LogP) is 3.45. The molecule has 1 aliphatic heterocycles. The molecule has 2 rings (SSSR count). The van der Waals surface area contributed by atoms with Gasteiger partial charge in [-0.2, -0.15) is 0 Å². The van der Waals surface area contributed by atoms with E-state index in [9.17, 15) is 0 Å². The third-order valence-electron chi connectivity index (χ3n) is 3.39. The molecule has 1 fully saturated rings. The highest BCUT2D eigenvalue weighted by Gasteiger charge is 2.17. The van der Waals surface area contributed by atoms with Crippen LogP contribution < -0.4 is 0 Å². The predicted molar refractivity (Wildman–Crippen MR) is 79.1 cm³/mol. The van der Waals surface area contributed by atoms with Gasteiger partial charge in [-0.05, 0) is 24.8 Å². The molecule has 0 aliphatic carbocycles. The first-order valence-electron chi connectivity index (χ1n) is 6.82. The van der Waals surface area contributed by atoms with Crippen LogP contribution in [-0.4, -0.2) is 36.0 Å². The lowest BCUT2D eigenvalue weighted by Gasteiger charge is -2.29. The van der Waals surface area contributed by atoms with E-state index in [1.54, 1.807) is 0 Å². The summed E-state index contributed by atoms with van der Waals surface area (Å²) in [6.45, 7) is 4.10. The molecule has 0 aromatic heterocycles. The lowest BCUT2D eigenvalue weighted by molar-refractivity contribution is -0.00599.